The van der Waals surface area contributed by atoms with E-state index < -0.39 is 17.7 Å². The lowest BCUT2D eigenvalue weighted by atomic mass is 10.1. The summed E-state index contributed by atoms with van der Waals surface area (Å²) in [5, 5.41) is 5.29. The highest BCUT2D eigenvalue weighted by Crippen LogP contribution is 2.23. The summed E-state index contributed by atoms with van der Waals surface area (Å²) in [7, 11) is 0. The molecule has 2 aromatic carbocycles. The Labute approximate surface area is 169 Å². The average molecular weight is 405 g/mol. The molecule has 1 aromatic heterocycles. The maximum absolute atomic E-state index is 12.8. The molecule has 144 valence electrons. The lowest BCUT2D eigenvalue weighted by Gasteiger charge is -2.17. The van der Waals surface area contributed by atoms with Gasteiger partial charge in [0.25, 0.3) is 23.6 Å². The largest absolute Gasteiger partial charge is 0.321 e. The first kappa shape index (κ1) is 18.6. The van der Waals surface area contributed by atoms with Crippen LogP contribution in [-0.4, -0.2) is 28.6 Å². The van der Waals surface area contributed by atoms with Crippen LogP contribution in [0.2, 0.25) is 0 Å². The molecule has 0 spiro atoms. The first-order valence-electron chi connectivity index (χ1n) is 8.70. The standard InChI is InChI=1S/C21H15N3O4S/c1-12-13(8-4-9-16(12)22-19(26)17-10-5-11-29-17)18(25)23-24-20(27)14-6-2-3-7-15(14)21(24)28/h2-11H,1H3,(H,22,26)(H,23,25). The molecule has 29 heavy (non-hydrogen) atoms. The van der Waals surface area contributed by atoms with Crippen molar-refractivity contribution in [3.63, 3.8) is 0 Å². The molecule has 1 aliphatic heterocycles. The highest BCUT2D eigenvalue weighted by atomic mass is 32.1. The van der Waals surface area contributed by atoms with Gasteiger partial charge in [-0.05, 0) is 48.2 Å². The number of fused-ring (bicyclic) bond motifs is 1. The Bertz CT molecular complexity index is 1120. The lowest BCUT2D eigenvalue weighted by molar-refractivity contribution is 0.0518. The number of carbonyl (C=O) groups is 4. The summed E-state index contributed by atoms with van der Waals surface area (Å²) in [6.45, 7) is 1.68. The van der Waals surface area contributed by atoms with E-state index in [2.05, 4.69) is 10.7 Å². The molecule has 0 aliphatic carbocycles. The molecule has 0 saturated heterocycles. The number of hydrogen-bond donors (Lipinski definition) is 2. The number of nitrogens with zero attached hydrogens (tertiary/aromatic N) is 1. The van der Waals surface area contributed by atoms with Gasteiger partial charge in [0.2, 0.25) is 0 Å². The average Bonchev–Trinajstić information content (AvgIpc) is 3.34. The molecule has 0 unspecified atom stereocenters. The quantitative estimate of drug-likeness (QED) is 0.652. The summed E-state index contributed by atoms with van der Waals surface area (Å²) in [5.74, 6) is -2.07. The first-order valence-corrected chi connectivity index (χ1v) is 9.58. The molecule has 2 N–H and O–H groups in total. The molecule has 2 heterocycles. The SMILES string of the molecule is Cc1c(NC(=O)c2cccs2)cccc1C(=O)NN1C(=O)c2ccccc2C1=O. The Morgan fingerprint density at radius 3 is 2.17 bits per heavy atom. The normalized spacial score (nSPS) is 12.7. The molecule has 0 fully saturated rings. The number of imide groups is 1. The summed E-state index contributed by atoms with van der Waals surface area (Å²) < 4.78 is 0. The highest BCUT2D eigenvalue weighted by molar-refractivity contribution is 7.12. The molecular weight excluding hydrogens is 390 g/mol. The van der Waals surface area contributed by atoms with E-state index in [1.165, 1.54) is 23.5 Å². The molecule has 4 amide bonds. The van der Waals surface area contributed by atoms with Crippen LogP contribution >= 0.6 is 11.3 Å². The Hall–Kier alpha value is -3.78. The number of thiophene rings is 1. The third-order valence-corrected chi connectivity index (χ3v) is 5.45. The third kappa shape index (κ3) is 3.30. The minimum Gasteiger partial charge on any atom is -0.321 e. The molecule has 0 saturated carbocycles. The van der Waals surface area contributed by atoms with Crippen molar-refractivity contribution >= 4 is 40.7 Å². The highest BCUT2D eigenvalue weighted by Gasteiger charge is 2.36. The van der Waals surface area contributed by atoms with Gasteiger partial charge in [-0.3, -0.25) is 24.6 Å². The van der Waals surface area contributed by atoms with Gasteiger partial charge in [-0.25, -0.2) is 0 Å². The molecule has 3 aromatic rings. The molecule has 4 rings (SSSR count). The van der Waals surface area contributed by atoms with Crippen molar-refractivity contribution in [2.45, 2.75) is 6.92 Å². The summed E-state index contributed by atoms with van der Waals surface area (Å²) >= 11 is 1.31. The molecule has 7 nitrogen and oxygen atoms in total. The zero-order valence-corrected chi connectivity index (χ0v) is 16.1. The van der Waals surface area contributed by atoms with E-state index in [-0.39, 0.29) is 22.6 Å². The molecule has 0 bridgehead atoms. The number of amides is 4. The van der Waals surface area contributed by atoms with E-state index in [9.17, 15) is 19.2 Å². The fraction of sp³-hybridized carbons (Fsp3) is 0.0476. The number of rotatable bonds is 4. The van der Waals surface area contributed by atoms with Gasteiger partial charge in [-0.15, -0.1) is 11.3 Å². The van der Waals surface area contributed by atoms with Crippen LogP contribution in [0.1, 0.15) is 46.3 Å². The van der Waals surface area contributed by atoms with Gasteiger partial charge in [0.05, 0.1) is 16.0 Å². The van der Waals surface area contributed by atoms with Crippen LogP contribution in [0, 0.1) is 6.92 Å². The van der Waals surface area contributed by atoms with E-state index in [4.69, 9.17) is 0 Å². The Morgan fingerprint density at radius 2 is 1.55 bits per heavy atom. The summed E-state index contributed by atoms with van der Waals surface area (Å²) in [6, 6.07) is 14.7. The second kappa shape index (κ2) is 7.33. The monoisotopic (exact) mass is 405 g/mol. The van der Waals surface area contributed by atoms with Crippen LogP contribution in [0.4, 0.5) is 5.69 Å². The predicted octanol–water partition coefficient (Wildman–Crippen LogP) is 3.25. The summed E-state index contributed by atoms with van der Waals surface area (Å²) in [4.78, 5) is 50.5. The molecule has 1 aliphatic rings. The lowest BCUT2D eigenvalue weighted by Crippen LogP contribution is -2.46. The Morgan fingerprint density at radius 1 is 0.862 bits per heavy atom. The second-order valence-corrected chi connectivity index (χ2v) is 7.29. The predicted molar refractivity (Wildman–Crippen MR) is 108 cm³/mol. The smallest absolute Gasteiger partial charge is 0.280 e. The van der Waals surface area contributed by atoms with Crippen molar-refractivity contribution in [2.24, 2.45) is 0 Å². The second-order valence-electron chi connectivity index (χ2n) is 6.34. The van der Waals surface area contributed by atoms with Gasteiger partial charge in [-0.2, -0.15) is 5.01 Å². The zero-order valence-electron chi connectivity index (χ0n) is 15.3. The fourth-order valence-corrected chi connectivity index (χ4v) is 3.68. The van der Waals surface area contributed by atoms with Crippen molar-refractivity contribution in [2.75, 3.05) is 5.32 Å². The fourth-order valence-electron chi connectivity index (χ4n) is 3.06. The zero-order chi connectivity index (χ0) is 20.5. The topological polar surface area (TPSA) is 95.6 Å². The van der Waals surface area contributed by atoms with Gasteiger partial charge in [-0.1, -0.05) is 24.3 Å². The molecule has 0 atom stereocenters. The van der Waals surface area contributed by atoms with Crippen molar-refractivity contribution in [1.29, 1.82) is 0 Å². The van der Waals surface area contributed by atoms with Crippen molar-refractivity contribution < 1.29 is 19.2 Å². The molecular formula is C21H15N3O4S. The van der Waals surface area contributed by atoms with Gasteiger partial charge < -0.3 is 5.32 Å². The minimum atomic E-state index is -0.621. The van der Waals surface area contributed by atoms with Crippen LogP contribution in [0.5, 0.6) is 0 Å². The molecule has 0 radical (unpaired) electrons. The van der Waals surface area contributed by atoms with Gasteiger partial charge in [0.1, 0.15) is 0 Å². The van der Waals surface area contributed by atoms with Gasteiger partial charge >= 0.3 is 0 Å². The Kier molecular flexibility index (Phi) is 4.69. The van der Waals surface area contributed by atoms with Gasteiger partial charge in [0.15, 0.2) is 0 Å². The summed E-state index contributed by atoms with van der Waals surface area (Å²) in [5.41, 5.74) is 4.09. The number of anilines is 1. The maximum atomic E-state index is 12.8. The Balaban J connectivity index is 1.55. The van der Waals surface area contributed by atoms with Crippen LogP contribution < -0.4 is 10.7 Å². The van der Waals surface area contributed by atoms with E-state index in [1.54, 1.807) is 54.8 Å². The van der Waals surface area contributed by atoms with Crippen LogP contribution in [-0.2, 0) is 0 Å². The van der Waals surface area contributed by atoms with E-state index in [0.717, 1.165) is 0 Å². The number of carbonyl (C=O) groups excluding carboxylic acids is 4. The van der Waals surface area contributed by atoms with Crippen molar-refractivity contribution in [3.05, 3.63) is 87.1 Å². The maximum Gasteiger partial charge on any atom is 0.280 e. The van der Waals surface area contributed by atoms with Crippen molar-refractivity contribution in [3.8, 4) is 0 Å². The van der Waals surface area contributed by atoms with Crippen LogP contribution in [0.3, 0.4) is 0 Å². The van der Waals surface area contributed by atoms with Crippen LogP contribution in [0.15, 0.2) is 60.0 Å². The van der Waals surface area contributed by atoms with E-state index >= 15 is 0 Å². The first-order chi connectivity index (χ1) is 14.0. The third-order valence-electron chi connectivity index (χ3n) is 4.58. The van der Waals surface area contributed by atoms with Crippen molar-refractivity contribution in [1.82, 2.24) is 10.4 Å². The van der Waals surface area contributed by atoms with E-state index in [0.29, 0.717) is 21.1 Å². The van der Waals surface area contributed by atoms with Crippen LogP contribution in [0.25, 0.3) is 0 Å². The minimum absolute atomic E-state index is 0.241. The van der Waals surface area contributed by atoms with E-state index in [1.807, 2.05) is 0 Å². The number of benzene rings is 2. The summed E-state index contributed by atoms with van der Waals surface area (Å²) in [6.07, 6.45) is 0. The molecule has 8 heteroatoms. The number of nitrogens with one attached hydrogen (secondary N) is 2. The van der Waals surface area contributed by atoms with Gasteiger partial charge in [0, 0.05) is 11.3 Å². The number of hydrogen-bond acceptors (Lipinski definition) is 5. The number of hydrazine groups is 1.